The predicted octanol–water partition coefficient (Wildman–Crippen LogP) is 5.58. The third-order valence-electron chi connectivity index (χ3n) is 4.11. The van der Waals surface area contributed by atoms with Gasteiger partial charge < -0.3 is 0 Å². The second-order valence-electron chi connectivity index (χ2n) is 5.94. The van der Waals surface area contributed by atoms with E-state index in [1.165, 1.54) is 23.9 Å². The average Bonchev–Trinajstić information content (AvgIpc) is 2.69. The van der Waals surface area contributed by atoms with Gasteiger partial charge in [0.15, 0.2) is 5.16 Å². The first-order valence-electron chi connectivity index (χ1n) is 8.27. The maximum absolute atomic E-state index is 13.3. The number of aromatic nitrogens is 2. The van der Waals surface area contributed by atoms with Crippen molar-refractivity contribution in [1.82, 2.24) is 9.55 Å². The molecule has 4 rings (SSSR count). The Morgan fingerprint density at radius 2 is 1.67 bits per heavy atom. The lowest BCUT2D eigenvalue weighted by atomic mass is 10.2. The highest BCUT2D eigenvalue weighted by Gasteiger charge is 2.13. The number of para-hydroxylation sites is 1. The largest absolute Gasteiger partial charge is 0.268 e. The normalized spacial score (nSPS) is 11.0. The zero-order chi connectivity index (χ0) is 18.8. The first-order chi connectivity index (χ1) is 13.1. The SMILES string of the molecule is O=c1c2ccccc2nc(SCc2ccc(Br)cc2)n1-c1ccc(F)cc1. The molecule has 3 nitrogen and oxygen atoms in total. The molecule has 1 aromatic heterocycles. The van der Waals surface area contributed by atoms with E-state index >= 15 is 0 Å². The second-order valence-corrected chi connectivity index (χ2v) is 7.80. The summed E-state index contributed by atoms with van der Waals surface area (Å²) in [5.74, 6) is 0.323. The van der Waals surface area contributed by atoms with Gasteiger partial charge in [-0.25, -0.2) is 9.37 Å². The average molecular weight is 441 g/mol. The lowest BCUT2D eigenvalue weighted by Crippen LogP contribution is -2.21. The summed E-state index contributed by atoms with van der Waals surface area (Å²) in [4.78, 5) is 17.8. The summed E-state index contributed by atoms with van der Waals surface area (Å²) >= 11 is 4.91. The Morgan fingerprint density at radius 3 is 2.41 bits per heavy atom. The number of benzene rings is 3. The Balaban J connectivity index is 1.81. The molecule has 0 saturated heterocycles. The highest BCUT2D eigenvalue weighted by atomic mass is 79.9. The Hall–Kier alpha value is -2.44. The molecular weight excluding hydrogens is 427 g/mol. The van der Waals surface area contributed by atoms with Crippen molar-refractivity contribution in [1.29, 1.82) is 0 Å². The molecule has 3 aromatic carbocycles. The molecular formula is C21H14BrFN2OS. The van der Waals surface area contributed by atoms with Gasteiger partial charge in [-0.15, -0.1) is 0 Å². The first kappa shape index (κ1) is 17.9. The van der Waals surface area contributed by atoms with E-state index in [0.717, 1.165) is 10.0 Å². The predicted molar refractivity (Wildman–Crippen MR) is 111 cm³/mol. The van der Waals surface area contributed by atoms with Gasteiger partial charge in [0.05, 0.1) is 16.6 Å². The van der Waals surface area contributed by atoms with Crippen molar-refractivity contribution < 1.29 is 4.39 Å². The molecule has 0 radical (unpaired) electrons. The quantitative estimate of drug-likeness (QED) is 0.306. The summed E-state index contributed by atoms with van der Waals surface area (Å²) in [5, 5.41) is 1.11. The summed E-state index contributed by atoms with van der Waals surface area (Å²) in [5.41, 5.74) is 2.21. The van der Waals surface area contributed by atoms with Crippen molar-refractivity contribution in [3.63, 3.8) is 0 Å². The lowest BCUT2D eigenvalue weighted by molar-refractivity contribution is 0.627. The van der Waals surface area contributed by atoms with Crippen LogP contribution in [-0.2, 0) is 5.75 Å². The maximum atomic E-state index is 13.3. The first-order valence-corrected chi connectivity index (χ1v) is 10.0. The van der Waals surface area contributed by atoms with Crippen LogP contribution in [0.25, 0.3) is 16.6 Å². The summed E-state index contributed by atoms with van der Waals surface area (Å²) < 4.78 is 15.9. The summed E-state index contributed by atoms with van der Waals surface area (Å²) in [6.45, 7) is 0. The molecule has 0 amide bonds. The van der Waals surface area contributed by atoms with E-state index in [1.807, 2.05) is 42.5 Å². The fourth-order valence-electron chi connectivity index (χ4n) is 2.76. The number of halogens is 2. The fraction of sp³-hybridized carbons (Fsp3) is 0.0476. The summed E-state index contributed by atoms with van der Waals surface area (Å²) in [6.07, 6.45) is 0. The topological polar surface area (TPSA) is 34.9 Å². The zero-order valence-corrected chi connectivity index (χ0v) is 16.5. The van der Waals surface area contributed by atoms with Gasteiger partial charge in [0.25, 0.3) is 5.56 Å². The number of thioether (sulfide) groups is 1. The fourth-order valence-corrected chi connectivity index (χ4v) is 3.99. The lowest BCUT2D eigenvalue weighted by Gasteiger charge is -2.13. The van der Waals surface area contributed by atoms with E-state index in [9.17, 15) is 9.18 Å². The van der Waals surface area contributed by atoms with E-state index in [2.05, 4.69) is 15.9 Å². The highest BCUT2D eigenvalue weighted by molar-refractivity contribution is 9.10. The molecule has 27 heavy (non-hydrogen) atoms. The number of fused-ring (bicyclic) bond motifs is 1. The molecule has 6 heteroatoms. The summed E-state index contributed by atoms with van der Waals surface area (Å²) in [6, 6.07) is 21.2. The van der Waals surface area contributed by atoms with Crippen molar-refractivity contribution in [3.05, 3.63) is 99.0 Å². The monoisotopic (exact) mass is 440 g/mol. The molecule has 0 aliphatic heterocycles. The third-order valence-corrected chi connectivity index (χ3v) is 5.65. The molecule has 0 bridgehead atoms. The smallest absolute Gasteiger partial charge is 0.266 e. The van der Waals surface area contributed by atoms with Crippen molar-refractivity contribution >= 4 is 38.6 Å². The second kappa shape index (κ2) is 7.66. The van der Waals surface area contributed by atoms with E-state index < -0.39 is 0 Å². The molecule has 0 spiro atoms. The minimum Gasteiger partial charge on any atom is -0.268 e. The number of hydrogen-bond acceptors (Lipinski definition) is 3. The van der Waals surface area contributed by atoms with Gasteiger partial charge in [-0.2, -0.15) is 0 Å². The number of rotatable bonds is 4. The van der Waals surface area contributed by atoms with Gasteiger partial charge in [0, 0.05) is 10.2 Å². The Labute approximate surface area is 168 Å². The summed E-state index contributed by atoms with van der Waals surface area (Å²) in [7, 11) is 0. The van der Waals surface area contributed by atoms with Crippen LogP contribution in [0.3, 0.4) is 0 Å². The Morgan fingerprint density at radius 1 is 0.963 bits per heavy atom. The molecule has 0 atom stereocenters. The van der Waals surface area contributed by atoms with Crippen molar-refractivity contribution in [2.24, 2.45) is 0 Å². The van der Waals surface area contributed by atoms with Crippen LogP contribution in [-0.4, -0.2) is 9.55 Å². The number of hydrogen-bond donors (Lipinski definition) is 0. The minimum atomic E-state index is -0.343. The van der Waals surface area contributed by atoms with Crippen LogP contribution in [0, 0.1) is 5.82 Å². The van der Waals surface area contributed by atoms with Gasteiger partial charge in [-0.05, 0) is 54.1 Å². The van der Waals surface area contributed by atoms with Crippen LogP contribution in [0.4, 0.5) is 4.39 Å². The third kappa shape index (κ3) is 3.82. The molecule has 0 aliphatic rings. The van der Waals surface area contributed by atoms with Crippen LogP contribution in [0.1, 0.15) is 5.56 Å². The zero-order valence-electron chi connectivity index (χ0n) is 14.1. The molecule has 0 unspecified atom stereocenters. The van der Waals surface area contributed by atoms with Gasteiger partial charge >= 0.3 is 0 Å². The number of nitrogens with zero attached hydrogens (tertiary/aromatic N) is 2. The molecule has 1 heterocycles. The molecule has 4 aromatic rings. The van der Waals surface area contributed by atoms with E-state index in [4.69, 9.17) is 4.98 Å². The molecule has 134 valence electrons. The van der Waals surface area contributed by atoms with Crippen LogP contribution in [0.5, 0.6) is 0 Å². The highest BCUT2D eigenvalue weighted by Crippen LogP contribution is 2.25. The molecule has 0 saturated carbocycles. The van der Waals surface area contributed by atoms with Crippen molar-refractivity contribution in [2.75, 3.05) is 0 Å². The van der Waals surface area contributed by atoms with Crippen LogP contribution in [0.15, 0.2) is 87.2 Å². The molecule has 0 N–H and O–H groups in total. The van der Waals surface area contributed by atoms with Gasteiger partial charge in [-0.3, -0.25) is 9.36 Å². The Kier molecular flexibility index (Phi) is 5.09. The molecule has 0 fully saturated rings. The minimum absolute atomic E-state index is 0.162. The van der Waals surface area contributed by atoms with E-state index in [-0.39, 0.29) is 11.4 Å². The maximum Gasteiger partial charge on any atom is 0.266 e. The Bertz CT molecular complexity index is 1160. The van der Waals surface area contributed by atoms with Crippen molar-refractivity contribution in [2.45, 2.75) is 10.9 Å². The van der Waals surface area contributed by atoms with Gasteiger partial charge in [0.1, 0.15) is 5.82 Å². The van der Waals surface area contributed by atoms with Crippen molar-refractivity contribution in [3.8, 4) is 5.69 Å². The van der Waals surface area contributed by atoms with E-state index in [0.29, 0.717) is 27.5 Å². The van der Waals surface area contributed by atoms with Crippen LogP contribution in [0.2, 0.25) is 0 Å². The van der Waals surface area contributed by atoms with Gasteiger partial charge in [0.2, 0.25) is 0 Å². The van der Waals surface area contributed by atoms with E-state index in [1.54, 1.807) is 22.8 Å². The van der Waals surface area contributed by atoms with Gasteiger partial charge in [-0.1, -0.05) is 52.0 Å². The van der Waals surface area contributed by atoms with Crippen LogP contribution >= 0.6 is 27.7 Å². The van der Waals surface area contributed by atoms with Crippen LogP contribution < -0.4 is 5.56 Å². The standard InChI is InChI=1S/C21H14BrFN2OS/c22-15-7-5-14(6-8-15)13-27-21-24-19-4-2-1-3-18(19)20(26)25(21)17-11-9-16(23)10-12-17/h1-12H,13H2. The molecule has 0 aliphatic carbocycles.